The Labute approximate surface area is 89.3 Å². The van der Waals surface area contributed by atoms with Gasteiger partial charge in [-0.1, -0.05) is 0 Å². The normalized spacial score (nSPS) is 11.4. The van der Waals surface area contributed by atoms with Gasteiger partial charge in [0.15, 0.2) is 0 Å². The average molecular weight is 230 g/mol. The third-order valence-corrected chi connectivity index (χ3v) is 2.29. The first-order valence-corrected chi connectivity index (χ1v) is 5.83. The molecule has 0 unspecified atom stereocenters. The van der Waals surface area contributed by atoms with E-state index in [1.54, 1.807) is 18.3 Å². The van der Waals surface area contributed by atoms with Gasteiger partial charge in [0.25, 0.3) is 10.2 Å². The minimum absolute atomic E-state index is 0.169. The van der Waals surface area contributed by atoms with Crippen molar-refractivity contribution in [3.8, 4) is 0 Å². The number of aromatic nitrogens is 1. The molecule has 1 aromatic rings. The molecule has 0 saturated heterocycles. The molecule has 0 spiro atoms. The topological polar surface area (TPSA) is 88.3 Å². The highest BCUT2D eigenvalue weighted by Crippen LogP contribution is 2.09. The molecule has 1 rings (SSSR count). The molecule has 0 fully saturated rings. The summed E-state index contributed by atoms with van der Waals surface area (Å²) in [7, 11) is 0.0812. The highest BCUT2D eigenvalue weighted by atomic mass is 32.2. The Morgan fingerprint density at radius 3 is 2.73 bits per heavy atom. The largest absolute Gasteiger partial charge is 0.363 e. The SMILES string of the molecule is CN(C)c1cc(CNS(N)(=O)=O)ccn1. The molecule has 0 aliphatic carbocycles. The standard InChI is InChI=1S/C8H14N4O2S/c1-12(2)8-5-7(3-4-10-8)6-11-15(9,13)14/h3-5,11H,6H2,1-2H3,(H2,9,13,14). The van der Waals surface area contributed by atoms with Gasteiger partial charge in [0.2, 0.25) is 0 Å². The van der Waals surface area contributed by atoms with Crippen molar-refractivity contribution in [2.75, 3.05) is 19.0 Å². The lowest BCUT2D eigenvalue weighted by atomic mass is 10.2. The minimum atomic E-state index is -3.64. The van der Waals surface area contributed by atoms with Gasteiger partial charge in [0, 0.05) is 26.8 Å². The molecule has 1 aromatic heterocycles. The molecule has 7 heteroatoms. The van der Waals surface area contributed by atoms with Crippen LogP contribution in [0, 0.1) is 0 Å². The van der Waals surface area contributed by atoms with E-state index in [0.717, 1.165) is 11.4 Å². The van der Waals surface area contributed by atoms with E-state index in [-0.39, 0.29) is 6.54 Å². The maximum absolute atomic E-state index is 10.7. The summed E-state index contributed by atoms with van der Waals surface area (Å²) in [6.07, 6.45) is 1.62. The van der Waals surface area contributed by atoms with E-state index < -0.39 is 10.2 Å². The van der Waals surface area contributed by atoms with Crippen LogP contribution in [0.15, 0.2) is 18.3 Å². The Kier molecular flexibility index (Phi) is 3.61. The molecule has 0 saturated carbocycles. The zero-order valence-corrected chi connectivity index (χ0v) is 9.45. The van der Waals surface area contributed by atoms with Gasteiger partial charge in [-0.05, 0) is 17.7 Å². The first-order valence-electron chi connectivity index (χ1n) is 4.28. The summed E-state index contributed by atoms with van der Waals surface area (Å²) in [4.78, 5) is 5.93. The quantitative estimate of drug-likeness (QED) is 0.725. The van der Waals surface area contributed by atoms with Crippen molar-refractivity contribution < 1.29 is 8.42 Å². The number of nitrogens with zero attached hydrogens (tertiary/aromatic N) is 2. The minimum Gasteiger partial charge on any atom is -0.363 e. The van der Waals surface area contributed by atoms with Crippen molar-refractivity contribution in [2.24, 2.45) is 5.14 Å². The van der Waals surface area contributed by atoms with Crippen molar-refractivity contribution in [1.29, 1.82) is 0 Å². The molecule has 1 heterocycles. The van der Waals surface area contributed by atoms with Crippen LogP contribution >= 0.6 is 0 Å². The van der Waals surface area contributed by atoms with Gasteiger partial charge in [-0.3, -0.25) is 0 Å². The highest BCUT2D eigenvalue weighted by molar-refractivity contribution is 7.87. The summed E-state index contributed by atoms with van der Waals surface area (Å²) in [6.45, 7) is 0.169. The fraction of sp³-hybridized carbons (Fsp3) is 0.375. The van der Waals surface area contributed by atoms with Crippen LogP contribution in [-0.2, 0) is 16.8 Å². The predicted molar refractivity (Wildman–Crippen MR) is 58.5 cm³/mol. The molecular formula is C8H14N4O2S. The van der Waals surface area contributed by atoms with Crippen LogP contribution in [0.1, 0.15) is 5.56 Å². The number of rotatable bonds is 4. The fourth-order valence-corrected chi connectivity index (χ4v) is 1.37. The second-order valence-electron chi connectivity index (χ2n) is 3.28. The summed E-state index contributed by atoms with van der Waals surface area (Å²) in [5.41, 5.74) is 0.808. The number of anilines is 1. The molecule has 6 nitrogen and oxygen atoms in total. The van der Waals surface area contributed by atoms with Gasteiger partial charge in [-0.25, -0.2) is 10.1 Å². The van der Waals surface area contributed by atoms with Crippen LogP contribution < -0.4 is 14.8 Å². The summed E-state index contributed by atoms with van der Waals surface area (Å²) in [5, 5.41) is 4.82. The van der Waals surface area contributed by atoms with Gasteiger partial charge in [-0.2, -0.15) is 13.1 Å². The molecule has 0 bridgehead atoms. The maximum Gasteiger partial charge on any atom is 0.274 e. The number of hydrogen-bond acceptors (Lipinski definition) is 4. The van der Waals surface area contributed by atoms with Crippen molar-refractivity contribution in [3.05, 3.63) is 23.9 Å². The molecular weight excluding hydrogens is 216 g/mol. The van der Waals surface area contributed by atoms with E-state index in [1.807, 2.05) is 19.0 Å². The fourth-order valence-electron chi connectivity index (χ4n) is 0.999. The van der Waals surface area contributed by atoms with E-state index in [2.05, 4.69) is 9.71 Å². The molecule has 3 N–H and O–H groups in total. The van der Waals surface area contributed by atoms with E-state index in [1.165, 1.54) is 0 Å². The zero-order valence-electron chi connectivity index (χ0n) is 8.64. The third kappa shape index (κ3) is 4.24. The molecule has 84 valence electrons. The summed E-state index contributed by atoms with van der Waals surface area (Å²) in [5.74, 6) is 0.767. The predicted octanol–water partition coefficient (Wildman–Crippen LogP) is -0.559. The van der Waals surface area contributed by atoms with E-state index in [0.29, 0.717) is 0 Å². The number of nitrogens with one attached hydrogen (secondary N) is 1. The molecule has 0 aliphatic heterocycles. The summed E-state index contributed by atoms with van der Waals surface area (Å²) < 4.78 is 23.5. The third-order valence-electron chi connectivity index (χ3n) is 1.75. The number of hydrogen-bond donors (Lipinski definition) is 2. The van der Waals surface area contributed by atoms with Crippen LogP contribution in [0.25, 0.3) is 0 Å². The Hall–Kier alpha value is -1.18. The van der Waals surface area contributed by atoms with Crippen LogP contribution in [0.2, 0.25) is 0 Å². The molecule has 0 atom stereocenters. The van der Waals surface area contributed by atoms with Crippen LogP contribution in [-0.4, -0.2) is 27.5 Å². The van der Waals surface area contributed by atoms with Gasteiger partial charge in [0.1, 0.15) is 5.82 Å². The van der Waals surface area contributed by atoms with Crippen molar-refractivity contribution in [2.45, 2.75) is 6.54 Å². The first kappa shape index (κ1) is 11.9. The number of pyridine rings is 1. The molecule has 0 amide bonds. The molecule has 15 heavy (non-hydrogen) atoms. The van der Waals surface area contributed by atoms with Crippen LogP contribution in [0.3, 0.4) is 0 Å². The Bertz CT molecular complexity index is 430. The summed E-state index contributed by atoms with van der Waals surface area (Å²) in [6, 6.07) is 3.52. The van der Waals surface area contributed by atoms with Crippen LogP contribution in [0.5, 0.6) is 0 Å². The van der Waals surface area contributed by atoms with Crippen LogP contribution in [0.4, 0.5) is 5.82 Å². The zero-order chi connectivity index (χ0) is 11.5. The van der Waals surface area contributed by atoms with E-state index >= 15 is 0 Å². The second kappa shape index (κ2) is 4.56. The second-order valence-corrected chi connectivity index (χ2v) is 4.66. The summed E-state index contributed by atoms with van der Waals surface area (Å²) >= 11 is 0. The van der Waals surface area contributed by atoms with Gasteiger partial charge < -0.3 is 4.90 Å². The van der Waals surface area contributed by atoms with Gasteiger partial charge in [0.05, 0.1) is 0 Å². The van der Waals surface area contributed by atoms with Crippen molar-refractivity contribution in [1.82, 2.24) is 9.71 Å². The maximum atomic E-state index is 10.7. The molecule has 0 aromatic carbocycles. The molecule has 0 radical (unpaired) electrons. The monoisotopic (exact) mass is 230 g/mol. The highest BCUT2D eigenvalue weighted by Gasteiger charge is 2.03. The smallest absolute Gasteiger partial charge is 0.274 e. The Balaban J connectivity index is 2.74. The Morgan fingerprint density at radius 2 is 2.20 bits per heavy atom. The lowest BCUT2D eigenvalue weighted by molar-refractivity contribution is 0.583. The average Bonchev–Trinajstić information content (AvgIpc) is 2.14. The first-order chi connectivity index (χ1) is 6.88. The number of nitrogens with two attached hydrogens (primary N) is 1. The van der Waals surface area contributed by atoms with Gasteiger partial charge >= 0.3 is 0 Å². The molecule has 0 aliphatic rings. The van der Waals surface area contributed by atoms with E-state index in [9.17, 15) is 8.42 Å². The van der Waals surface area contributed by atoms with Gasteiger partial charge in [-0.15, -0.1) is 0 Å². The Morgan fingerprint density at radius 1 is 1.53 bits per heavy atom. The van der Waals surface area contributed by atoms with E-state index in [4.69, 9.17) is 5.14 Å². The lowest BCUT2D eigenvalue weighted by Gasteiger charge is -2.12. The van der Waals surface area contributed by atoms with Crippen molar-refractivity contribution >= 4 is 16.0 Å². The lowest BCUT2D eigenvalue weighted by Crippen LogP contribution is -2.30. The van der Waals surface area contributed by atoms with Crippen molar-refractivity contribution in [3.63, 3.8) is 0 Å².